The largest absolute Gasteiger partial charge is 0.493 e. The molecule has 0 aliphatic rings. The van der Waals surface area contributed by atoms with Crippen LogP contribution in [0.25, 0.3) is 11.0 Å². The van der Waals surface area contributed by atoms with Crippen molar-refractivity contribution >= 4 is 57.3 Å². The standard InChI is InChI=1S/C24H18ClIN2O4/c1-30-21-11-15(10-19(26)23(21)31-14-17-7-2-4-8-18(17)25)13-27-28-24(29)22-12-16-6-3-5-9-20(16)32-22/h2-13H,14H2,1H3,(H,28,29)/b27-13+. The molecule has 0 saturated heterocycles. The first-order chi connectivity index (χ1) is 15.5. The number of fused-ring (bicyclic) bond motifs is 1. The number of amides is 1. The summed E-state index contributed by atoms with van der Waals surface area (Å²) in [6.45, 7) is 0.313. The van der Waals surface area contributed by atoms with E-state index in [-0.39, 0.29) is 5.76 Å². The fraction of sp³-hybridized carbons (Fsp3) is 0.0833. The third kappa shape index (κ3) is 5.05. The second-order valence-corrected chi connectivity index (χ2v) is 8.33. The molecule has 0 spiro atoms. The number of hydrogen-bond acceptors (Lipinski definition) is 5. The molecule has 1 amide bonds. The van der Waals surface area contributed by atoms with Crippen molar-refractivity contribution in [3.8, 4) is 11.5 Å². The quantitative estimate of drug-likeness (QED) is 0.170. The zero-order valence-corrected chi connectivity index (χ0v) is 19.9. The van der Waals surface area contributed by atoms with Crippen molar-refractivity contribution in [1.29, 1.82) is 0 Å². The normalized spacial score (nSPS) is 11.1. The Morgan fingerprint density at radius 1 is 1.16 bits per heavy atom. The molecule has 6 nitrogen and oxygen atoms in total. The number of hydrogen-bond donors (Lipinski definition) is 1. The van der Waals surface area contributed by atoms with E-state index in [2.05, 4.69) is 33.1 Å². The molecule has 1 N–H and O–H groups in total. The van der Waals surface area contributed by atoms with Gasteiger partial charge in [0.05, 0.1) is 16.9 Å². The lowest BCUT2D eigenvalue weighted by molar-refractivity contribution is 0.0929. The Morgan fingerprint density at radius 3 is 2.72 bits per heavy atom. The third-order valence-electron chi connectivity index (χ3n) is 4.61. The van der Waals surface area contributed by atoms with Gasteiger partial charge in [-0.15, -0.1) is 0 Å². The zero-order chi connectivity index (χ0) is 22.5. The number of carbonyl (C=O) groups excluding carboxylic acids is 1. The Bertz CT molecular complexity index is 1270. The van der Waals surface area contributed by atoms with Gasteiger partial charge in [-0.2, -0.15) is 5.10 Å². The molecule has 0 aliphatic carbocycles. The van der Waals surface area contributed by atoms with E-state index in [1.165, 1.54) is 6.21 Å². The van der Waals surface area contributed by atoms with Gasteiger partial charge in [-0.05, 0) is 58.5 Å². The van der Waals surface area contributed by atoms with E-state index in [4.69, 9.17) is 25.5 Å². The molecule has 0 atom stereocenters. The van der Waals surface area contributed by atoms with E-state index in [1.54, 1.807) is 25.3 Å². The molecule has 0 saturated carbocycles. The first kappa shape index (κ1) is 22.2. The van der Waals surface area contributed by atoms with Crippen LogP contribution in [-0.2, 0) is 6.61 Å². The second kappa shape index (κ2) is 10.1. The lowest BCUT2D eigenvalue weighted by atomic mass is 10.2. The molecule has 8 heteroatoms. The molecular weight excluding hydrogens is 543 g/mol. The SMILES string of the molecule is COc1cc(/C=N/NC(=O)c2cc3ccccc3o2)cc(I)c1OCc1ccccc1Cl. The van der Waals surface area contributed by atoms with Crippen molar-refractivity contribution in [2.75, 3.05) is 7.11 Å². The summed E-state index contributed by atoms with van der Waals surface area (Å²) in [5.74, 6) is 0.920. The Hall–Kier alpha value is -3.04. The summed E-state index contributed by atoms with van der Waals surface area (Å²) in [6.07, 6.45) is 1.53. The average molecular weight is 561 g/mol. The van der Waals surface area contributed by atoms with E-state index < -0.39 is 5.91 Å². The Morgan fingerprint density at radius 2 is 1.94 bits per heavy atom. The predicted octanol–water partition coefficient (Wildman–Crippen LogP) is 6.04. The van der Waals surface area contributed by atoms with E-state index in [0.717, 1.165) is 20.1 Å². The van der Waals surface area contributed by atoms with Gasteiger partial charge in [-0.1, -0.05) is 48.0 Å². The molecular formula is C24H18ClIN2O4. The fourth-order valence-corrected chi connectivity index (χ4v) is 4.01. The summed E-state index contributed by atoms with van der Waals surface area (Å²) >= 11 is 8.37. The number of hydrazone groups is 1. The summed E-state index contributed by atoms with van der Waals surface area (Å²) in [4.78, 5) is 12.3. The number of para-hydroxylation sites is 1. The van der Waals surface area contributed by atoms with Crippen LogP contribution in [-0.4, -0.2) is 19.2 Å². The molecule has 32 heavy (non-hydrogen) atoms. The summed E-state index contributed by atoms with van der Waals surface area (Å²) in [5.41, 5.74) is 4.74. The van der Waals surface area contributed by atoms with Crippen molar-refractivity contribution in [2.45, 2.75) is 6.61 Å². The van der Waals surface area contributed by atoms with Gasteiger partial charge in [0.2, 0.25) is 0 Å². The molecule has 1 aromatic heterocycles. The van der Waals surface area contributed by atoms with Crippen LogP contribution in [0.3, 0.4) is 0 Å². The van der Waals surface area contributed by atoms with E-state index >= 15 is 0 Å². The summed E-state index contributed by atoms with van der Waals surface area (Å²) < 4.78 is 17.8. The number of carbonyl (C=O) groups is 1. The molecule has 4 rings (SSSR count). The molecule has 162 valence electrons. The van der Waals surface area contributed by atoms with Crippen LogP contribution in [0.15, 0.2) is 76.2 Å². The van der Waals surface area contributed by atoms with Crippen LogP contribution < -0.4 is 14.9 Å². The number of halogens is 2. The van der Waals surface area contributed by atoms with Gasteiger partial charge in [0, 0.05) is 16.0 Å². The fourth-order valence-electron chi connectivity index (χ4n) is 3.03. The van der Waals surface area contributed by atoms with Gasteiger partial charge in [0.1, 0.15) is 12.2 Å². The monoisotopic (exact) mass is 560 g/mol. The van der Waals surface area contributed by atoms with Crippen LogP contribution in [0.2, 0.25) is 5.02 Å². The highest BCUT2D eigenvalue weighted by molar-refractivity contribution is 14.1. The van der Waals surface area contributed by atoms with Gasteiger partial charge in [0.15, 0.2) is 17.3 Å². The second-order valence-electron chi connectivity index (χ2n) is 6.76. The number of nitrogens with zero attached hydrogens (tertiary/aromatic N) is 1. The Balaban J connectivity index is 1.45. The van der Waals surface area contributed by atoms with Crippen LogP contribution >= 0.6 is 34.2 Å². The van der Waals surface area contributed by atoms with E-state index in [0.29, 0.717) is 28.7 Å². The molecule has 0 aliphatic heterocycles. The van der Waals surface area contributed by atoms with Crippen molar-refractivity contribution in [1.82, 2.24) is 5.43 Å². The predicted molar refractivity (Wildman–Crippen MR) is 133 cm³/mol. The zero-order valence-electron chi connectivity index (χ0n) is 17.0. The minimum absolute atomic E-state index is 0.193. The maximum Gasteiger partial charge on any atom is 0.307 e. The third-order valence-corrected chi connectivity index (χ3v) is 5.78. The van der Waals surface area contributed by atoms with Crippen LogP contribution in [0.4, 0.5) is 0 Å². The number of rotatable bonds is 7. The van der Waals surface area contributed by atoms with E-state index in [9.17, 15) is 4.79 Å². The smallest absolute Gasteiger partial charge is 0.307 e. The first-order valence-electron chi connectivity index (χ1n) is 9.61. The van der Waals surface area contributed by atoms with Crippen molar-refractivity contribution < 1.29 is 18.7 Å². The summed E-state index contributed by atoms with van der Waals surface area (Å²) in [7, 11) is 1.57. The topological polar surface area (TPSA) is 73.1 Å². The van der Waals surface area contributed by atoms with Crippen molar-refractivity contribution in [3.05, 3.63) is 92.2 Å². The van der Waals surface area contributed by atoms with Crippen LogP contribution in [0.1, 0.15) is 21.7 Å². The highest BCUT2D eigenvalue weighted by Gasteiger charge is 2.13. The Kier molecular flexibility index (Phi) is 6.96. The molecule has 4 aromatic rings. The van der Waals surface area contributed by atoms with Gasteiger partial charge < -0.3 is 13.9 Å². The minimum Gasteiger partial charge on any atom is -0.493 e. The maximum atomic E-state index is 12.3. The number of methoxy groups -OCH3 is 1. The van der Waals surface area contributed by atoms with Gasteiger partial charge in [-0.3, -0.25) is 4.79 Å². The van der Waals surface area contributed by atoms with Crippen molar-refractivity contribution in [3.63, 3.8) is 0 Å². The average Bonchev–Trinajstić information content (AvgIpc) is 3.23. The number of benzene rings is 3. The number of furan rings is 1. The molecule has 3 aromatic carbocycles. The molecule has 0 bridgehead atoms. The highest BCUT2D eigenvalue weighted by Crippen LogP contribution is 2.34. The molecule has 1 heterocycles. The van der Waals surface area contributed by atoms with Crippen molar-refractivity contribution in [2.24, 2.45) is 5.10 Å². The lowest BCUT2D eigenvalue weighted by Crippen LogP contribution is -2.16. The lowest BCUT2D eigenvalue weighted by Gasteiger charge is -2.14. The van der Waals surface area contributed by atoms with Gasteiger partial charge in [-0.25, -0.2) is 5.43 Å². The molecule has 0 radical (unpaired) electrons. The Labute approximate surface area is 203 Å². The van der Waals surface area contributed by atoms with Crippen LogP contribution in [0.5, 0.6) is 11.5 Å². The summed E-state index contributed by atoms with van der Waals surface area (Å²) in [6, 6.07) is 20.3. The summed E-state index contributed by atoms with van der Waals surface area (Å²) in [5, 5.41) is 5.54. The minimum atomic E-state index is -0.432. The van der Waals surface area contributed by atoms with Gasteiger partial charge >= 0.3 is 5.91 Å². The highest BCUT2D eigenvalue weighted by atomic mass is 127. The maximum absolute atomic E-state index is 12.3. The molecule has 0 fully saturated rings. The first-order valence-corrected chi connectivity index (χ1v) is 11.1. The number of nitrogens with one attached hydrogen (secondary N) is 1. The number of ether oxygens (including phenoxy) is 2. The van der Waals surface area contributed by atoms with Gasteiger partial charge in [0.25, 0.3) is 0 Å². The van der Waals surface area contributed by atoms with Crippen LogP contribution in [0, 0.1) is 3.57 Å². The van der Waals surface area contributed by atoms with E-state index in [1.807, 2.05) is 48.5 Å². The molecule has 0 unspecified atom stereocenters.